The van der Waals surface area contributed by atoms with Crippen LogP contribution in [0.5, 0.6) is 0 Å². The van der Waals surface area contributed by atoms with Crippen molar-refractivity contribution in [3.05, 3.63) is 138 Å². The van der Waals surface area contributed by atoms with Crippen LogP contribution in [-0.4, -0.2) is 45.2 Å². The van der Waals surface area contributed by atoms with Crippen LogP contribution in [0, 0.1) is 45.1 Å². The fourth-order valence-corrected chi connectivity index (χ4v) is 12.3. The molecule has 4 aromatic rings. The highest BCUT2D eigenvalue weighted by molar-refractivity contribution is 6.10. The predicted octanol–water partition coefficient (Wildman–Crippen LogP) is 9.63. The summed E-state index contributed by atoms with van der Waals surface area (Å²) in [4.78, 5) is 30.9. The zero-order valence-corrected chi connectivity index (χ0v) is 31.4. The lowest BCUT2D eigenvalue weighted by Gasteiger charge is -2.71. The molecule has 6 aliphatic rings. The number of carbonyl (C=O) groups is 2. The molecule has 0 heterocycles. The molecular weight excluding hydrogens is 695 g/mol. The number of urea groups is 1. The van der Waals surface area contributed by atoms with E-state index in [9.17, 15) is 28.6 Å². The number of Topliss-reactive ketones (excluding diaryl/α,β-unsaturated/α-hetero) is 1. The zero-order chi connectivity index (χ0) is 38.4. The molecule has 3 saturated carbocycles. The van der Waals surface area contributed by atoms with Crippen LogP contribution in [0.2, 0.25) is 0 Å². The van der Waals surface area contributed by atoms with E-state index in [1.807, 2.05) is 54.6 Å². The minimum atomic E-state index is -1.31. The van der Waals surface area contributed by atoms with Gasteiger partial charge in [0.2, 0.25) is 0 Å². The fraction of sp³-hybridized carbons (Fsp3) is 0.404. The second-order valence-electron chi connectivity index (χ2n) is 17.6. The molecule has 10 rings (SSSR count). The molecule has 0 aromatic heterocycles. The third kappa shape index (κ3) is 5.23. The van der Waals surface area contributed by atoms with Crippen LogP contribution < -0.4 is 5.32 Å². The van der Waals surface area contributed by atoms with Crippen LogP contribution in [0.25, 0.3) is 10.8 Å². The number of fused-ring (bicyclic) bond motifs is 2. The topological polar surface area (TPSA) is 89.9 Å². The van der Waals surface area contributed by atoms with Crippen LogP contribution in [0.3, 0.4) is 0 Å². The maximum absolute atomic E-state index is 14.8. The smallest absolute Gasteiger partial charge is 0.322 e. The van der Waals surface area contributed by atoms with E-state index in [1.54, 1.807) is 4.90 Å². The minimum absolute atomic E-state index is 0.0281. The number of benzene rings is 4. The summed E-state index contributed by atoms with van der Waals surface area (Å²) in [7, 11) is 0. The van der Waals surface area contributed by atoms with Gasteiger partial charge in [0.1, 0.15) is 0 Å². The largest absolute Gasteiger partial charge is 0.393 e. The summed E-state index contributed by atoms with van der Waals surface area (Å²) in [5.41, 5.74) is -1.34. The van der Waals surface area contributed by atoms with Gasteiger partial charge in [0.15, 0.2) is 17.4 Å². The first-order valence-corrected chi connectivity index (χ1v) is 19.7. The SMILES string of the molecule is C[C@]12CC[C@H]3[C@]4(C=C[C@@]5(C=C4C(=O)c4ccc(F)c(F)c4)CC(O)CC[C@]35C)[C@@H]1CC[C@@]2(O)CN(Cc1cccc2ccccc12)C(=O)Nc1ccccc1. The molecule has 3 fully saturated rings. The predicted molar refractivity (Wildman–Crippen MR) is 209 cm³/mol. The molecule has 0 radical (unpaired) electrons. The summed E-state index contributed by atoms with van der Waals surface area (Å²) < 4.78 is 28.8. The van der Waals surface area contributed by atoms with Crippen molar-refractivity contribution in [2.75, 3.05) is 11.9 Å². The number of rotatable bonds is 7. The van der Waals surface area contributed by atoms with Crippen LogP contribution in [0.15, 0.2) is 115 Å². The summed E-state index contributed by atoms with van der Waals surface area (Å²) in [6, 6.07) is 26.5. The number of nitrogens with zero attached hydrogens (tertiary/aromatic N) is 1. The first-order valence-electron chi connectivity index (χ1n) is 19.7. The number of hydrogen-bond acceptors (Lipinski definition) is 4. The van der Waals surface area contributed by atoms with Crippen molar-refractivity contribution in [1.82, 2.24) is 4.90 Å². The molecule has 55 heavy (non-hydrogen) atoms. The summed E-state index contributed by atoms with van der Waals surface area (Å²) in [5.74, 6) is -2.57. The van der Waals surface area contributed by atoms with Gasteiger partial charge in [-0.2, -0.15) is 0 Å². The van der Waals surface area contributed by atoms with Gasteiger partial charge in [-0.25, -0.2) is 13.6 Å². The van der Waals surface area contributed by atoms with E-state index in [1.165, 1.54) is 6.07 Å². The van der Waals surface area contributed by atoms with Crippen molar-refractivity contribution < 1.29 is 28.6 Å². The van der Waals surface area contributed by atoms with E-state index in [4.69, 9.17) is 0 Å². The van der Waals surface area contributed by atoms with Crippen molar-refractivity contribution in [3.63, 3.8) is 0 Å². The number of anilines is 1. The average molecular weight is 743 g/mol. The molecule has 2 spiro atoms. The Morgan fingerprint density at radius 3 is 2.33 bits per heavy atom. The second-order valence-corrected chi connectivity index (χ2v) is 17.6. The van der Waals surface area contributed by atoms with E-state index in [0.29, 0.717) is 43.4 Å². The molecule has 3 N–H and O–H groups in total. The molecule has 2 amide bonds. The lowest BCUT2D eigenvalue weighted by Crippen LogP contribution is -2.67. The molecule has 8 atom stereocenters. The Bertz CT molecular complexity index is 2270. The number of amides is 2. The van der Waals surface area contributed by atoms with Crippen molar-refractivity contribution >= 4 is 28.3 Å². The number of nitrogens with one attached hydrogen (secondary N) is 1. The van der Waals surface area contributed by atoms with Gasteiger partial charge in [0, 0.05) is 39.6 Å². The fourth-order valence-electron chi connectivity index (χ4n) is 12.3. The number of hydrogen-bond donors (Lipinski definition) is 3. The highest BCUT2D eigenvalue weighted by Gasteiger charge is 2.74. The van der Waals surface area contributed by atoms with Gasteiger partial charge in [-0.3, -0.25) is 4.79 Å². The summed E-state index contributed by atoms with van der Waals surface area (Å²) in [5, 5.41) is 29.4. The molecule has 0 saturated heterocycles. The Kier molecular flexibility index (Phi) is 8.30. The third-order valence-corrected chi connectivity index (χ3v) is 15.1. The molecule has 1 unspecified atom stereocenters. The van der Waals surface area contributed by atoms with Crippen LogP contribution in [-0.2, 0) is 6.54 Å². The van der Waals surface area contributed by atoms with Gasteiger partial charge in [-0.15, -0.1) is 0 Å². The quantitative estimate of drug-likeness (QED) is 0.130. The van der Waals surface area contributed by atoms with Crippen LogP contribution >= 0.6 is 0 Å². The Balaban J connectivity index is 1.13. The first-order chi connectivity index (χ1) is 26.3. The Labute approximate surface area is 320 Å². The molecule has 8 heteroatoms. The molecule has 2 bridgehead atoms. The summed E-state index contributed by atoms with van der Waals surface area (Å²) in [6.45, 7) is 4.80. The average Bonchev–Trinajstić information content (AvgIpc) is 3.45. The lowest BCUT2D eigenvalue weighted by atomic mass is 9.32. The summed E-state index contributed by atoms with van der Waals surface area (Å²) >= 11 is 0. The van der Waals surface area contributed by atoms with Gasteiger partial charge in [0.05, 0.1) is 18.2 Å². The third-order valence-electron chi connectivity index (χ3n) is 15.1. The van der Waals surface area contributed by atoms with E-state index in [-0.39, 0.29) is 47.7 Å². The number of allylic oxidation sites excluding steroid dienone is 4. The number of para-hydroxylation sites is 1. The van der Waals surface area contributed by atoms with Gasteiger partial charge in [0.25, 0.3) is 0 Å². The van der Waals surface area contributed by atoms with E-state index >= 15 is 0 Å². The first kappa shape index (κ1) is 36.0. The van der Waals surface area contributed by atoms with E-state index in [0.717, 1.165) is 41.3 Å². The zero-order valence-electron chi connectivity index (χ0n) is 31.4. The Morgan fingerprint density at radius 2 is 1.53 bits per heavy atom. The van der Waals surface area contributed by atoms with Gasteiger partial charge >= 0.3 is 6.03 Å². The van der Waals surface area contributed by atoms with Crippen molar-refractivity contribution in [2.45, 2.75) is 77.0 Å². The minimum Gasteiger partial charge on any atom is -0.393 e. The van der Waals surface area contributed by atoms with E-state index < -0.39 is 39.6 Å². The van der Waals surface area contributed by atoms with Gasteiger partial charge in [-0.05, 0) is 109 Å². The monoisotopic (exact) mass is 742 g/mol. The molecule has 6 aliphatic carbocycles. The normalized spacial score (nSPS) is 34.4. The number of aliphatic hydroxyl groups excluding tert-OH is 1. The van der Waals surface area contributed by atoms with Gasteiger partial charge in [-0.1, -0.05) is 92.7 Å². The molecule has 0 aliphatic heterocycles. The van der Waals surface area contributed by atoms with E-state index in [2.05, 4.69) is 55.6 Å². The molecule has 6 nitrogen and oxygen atoms in total. The highest BCUT2D eigenvalue weighted by atomic mass is 19.2. The second kappa shape index (κ2) is 12.7. The van der Waals surface area contributed by atoms with Crippen LogP contribution in [0.1, 0.15) is 74.7 Å². The van der Waals surface area contributed by atoms with Crippen molar-refractivity contribution in [1.29, 1.82) is 0 Å². The highest BCUT2D eigenvalue weighted by Crippen LogP contribution is 2.78. The summed E-state index contributed by atoms with van der Waals surface area (Å²) in [6.07, 6.45) is 10.4. The lowest BCUT2D eigenvalue weighted by molar-refractivity contribution is -0.174. The number of halogens is 2. The molecule has 4 aromatic carbocycles. The molecule has 284 valence electrons. The van der Waals surface area contributed by atoms with Gasteiger partial charge < -0.3 is 20.4 Å². The number of carbonyl (C=O) groups excluding carboxylic acids is 2. The Morgan fingerprint density at radius 1 is 0.818 bits per heavy atom. The van der Waals surface area contributed by atoms with Crippen molar-refractivity contribution in [3.8, 4) is 0 Å². The maximum Gasteiger partial charge on any atom is 0.322 e. The maximum atomic E-state index is 14.8. The molecular formula is C47H48F2N2O4. The van der Waals surface area contributed by atoms with Crippen LogP contribution in [0.4, 0.5) is 19.3 Å². The number of ketones is 1. The standard InChI is InChI=1S/C47H48F2N2O4/c1-43-20-17-34(52)26-45(43)23-24-47(36(27-45)41(53)31-15-16-37(48)38(49)25-31)39(43)18-21-44(2)40(47)19-22-46(44,55)29-51(42(54)50-33-12-4-3-5-13-33)28-32-11-8-10-30-9-6-7-14-35(30)32/h3-16,23-25,27,34,39-40,52,55H,17-22,26,28-29H2,1-2H3,(H,50,54)/t34?,39-,40-,43-,44+,45+,46-,47-/m1/s1. The van der Waals surface area contributed by atoms with Crippen molar-refractivity contribution in [2.24, 2.45) is 33.5 Å². The number of aliphatic hydroxyl groups is 2. The Hall–Kier alpha value is -4.66.